The molecule has 0 amide bonds. The molecule has 1 saturated heterocycles. The van der Waals surface area contributed by atoms with Gasteiger partial charge in [-0.3, -0.25) is 9.58 Å². The van der Waals surface area contributed by atoms with Gasteiger partial charge in [0.05, 0.1) is 12.7 Å². The molecule has 18 heavy (non-hydrogen) atoms. The standard InChI is InChI=1S/C14H26N4/c1-11(2)14-8-15-13(4)10-17(14)5-6-18-9-12(3)7-16-18/h7,9,11,13-15H,5-6,8,10H2,1-4H3. The molecule has 0 aromatic carbocycles. The Morgan fingerprint density at radius 1 is 1.44 bits per heavy atom. The van der Waals surface area contributed by atoms with Crippen LogP contribution < -0.4 is 5.32 Å². The van der Waals surface area contributed by atoms with Gasteiger partial charge in [0, 0.05) is 37.9 Å². The lowest BCUT2D eigenvalue weighted by molar-refractivity contribution is 0.0978. The summed E-state index contributed by atoms with van der Waals surface area (Å²) in [5, 5.41) is 7.95. The van der Waals surface area contributed by atoms with E-state index in [1.165, 1.54) is 5.56 Å². The van der Waals surface area contributed by atoms with E-state index in [2.05, 4.69) is 53.9 Å². The first-order valence-corrected chi connectivity index (χ1v) is 7.02. The van der Waals surface area contributed by atoms with Gasteiger partial charge in [0.1, 0.15) is 0 Å². The predicted octanol–water partition coefficient (Wildman–Crippen LogP) is 1.51. The minimum Gasteiger partial charge on any atom is -0.311 e. The van der Waals surface area contributed by atoms with Gasteiger partial charge in [-0.15, -0.1) is 0 Å². The fraction of sp³-hybridized carbons (Fsp3) is 0.786. The average Bonchev–Trinajstić information content (AvgIpc) is 2.72. The van der Waals surface area contributed by atoms with E-state index in [9.17, 15) is 0 Å². The Morgan fingerprint density at radius 3 is 2.83 bits per heavy atom. The Bertz CT molecular complexity index is 372. The van der Waals surface area contributed by atoms with Crippen LogP contribution in [0.4, 0.5) is 0 Å². The highest BCUT2D eigenvalue weighted by molar-refractivity contribution is 4.99. The summed E-state index contributed by atoms with van der Waals surface area (Å²) in [6.45, 7) is 13.3. The summed E-state index contributed by atoms with van der Waals surface area (Å²) >= 11 is 0. The van der Waals surface area contributed by atoms with Gasteiger partial charge in [-0.05, 0) is 25.3 Å². The number of rotatable bonds is 4. The van der Waals surface area contributed by atoms with Crippen LogP contribution in [0.25, 0.3) is 0 Å². The zero-order valence-electron chi connectivity index (χ0n) is 12.1. The smallest absolute Gasteiger partial charge is 0.0536 e. The number of hydrogen-bond donors (Lipinski definition) is 1. The van der Waals surface area contributed by atoms with Gasteiger partial charge in [-0.2, -0.15) is 5.10 Å². The maximum Gasteiger partial charge on any atom is 0.0536 e. The van der Waals surface area contributed by atoms with E-state index < -0.39 is 0 Å². The Labute approximate surface area is 110 Å². The van der Waals surface area contributed by atoms with Crippen LogP contribution in [0.2, 0.25) is 0 Å². The van der Waals surface area contributed by atoms with E-state index in [1.807, 2.05) is 6.20 Å². The molecule has 0 aliphatic carbocycles. The molecule has 4 heteroatoms. The van der Waals surface area contributed by atoms with E-state index in [0.717, 1.165) is 26.2 Å². The highest BCUT2D eigenvalue weighted by Gasteiger charge is 2.27. The number of piperazine rings is 1. The monoisotopic (exact) mass is 250 g/mol. The third kappa shape index (κ3) is 3.33. The van der Waals surface area contributed by atoms with Crippen molar-refractivity contribution in [3.63, 3.8) is 0 Å². The molecule has 1 N–H and O–H groups in total. The van der Waals surface area contributed by atoms with E-state index in [-0.39, 0.29) is 0 Å². The van der Waals surface area contributed by atoms with Crippen molar-refractivity contribution < 1.29 is 0 Å². The van der Waals surface area contributed by atoms with E-state index in [0.29, 0.717) is 18.0 Å². The number of nitrogens with zero attached hydrogens (tertiary/aromatic N) is 3. The molecule has 0 saturated carbocycles. The normalized spacial score (nSPS) is 25.8. The summed E-state index contributed by atoms with van der Waals surface area (Å²) in [4.78, 5) is 2.61. The molecule has 0 bridgehead atoms. The molecule has 4 nitrogen and oxygen atoms in total. The van der Waals surface area contributed by atoms with Crippen LogP contribution in [-0.2, 0) is 6.54 Å². The predicted molar refractivity (Wildman–Crippen MR) is 74.6 cm³/mol. The Morgan fingerprint density at radius 2 is 2.22 bits per heavy atom. The second-order valence-electron chi connectivity index (χ2n) is 5.90. The van der Waals surface area contributed by atoms with Crippen LogP contribution in [-0.4, -0.2) is 46.4 Å². The molecule has 102 valence electrons. The Balaban J connectivity index is 1.92. The molecule has 2 rings (SSSR count). The molecular formula is C14H26N4. The SMILES string of the molecule is Cc1cnn(CCN2CC(C)NCC2C(C)C)c1. The van der Waals surface area contributed by atoms with Gasteiger partial charge >= 0.3 is 0 Å². The van der Waals surface area contributed by atoms with E-state index in [4.69, 9.17) is 0 Å². The molecular weight excluding hydrogens is 224 g/mol. The second-order valence-corrected chi connectivity index (χ2v) is 5.90. The first-order valence-electron chi connectivity index (χ1n) is 7.02. The lowest BCUT2D eigenvalue weighted by atomic mass is 9.99. The van der Waals surface area contributed by atoms with Crippen LogP contribution in [0.5, 0.6) is 0 Å². The molecule has 2 atom stereocenters. The zero-order valence-corrected chi connectivity index (χ0v) is 12.1. The van der Waals surface area contributed by atoms with Gasteiger partial charge in [0.2, 0.25) is 0 Å². The van der Waals surface area contributed by atoms with Crippen LogP contribution >= 0.6 is 0 Å². The molecule has 2 heterocycles. The van der Waals surface area contributed by atoms with Gasteiger partial charge in [-0.25, -0.2) is 0 Å². The molecule has 1 fully saturated rings. The summed E-state index contributed by atoms with van der Waals surface area (Å²) in [7, 11) is 0. The second kappa shape index (κ2) is 5.85. The topological polar surface area (TPSA) is 33.1 Å². The first kappa shape index (κ1) is 13.6. The Hall–Kier alpha value is -0.870. The minimum absolute atomic E-state index is 0.597. The lowest BCUT2D eigenvalue weighted by Crippen LogP contribution is -2.57. The fourth-order valence-corrected chi connectivity index (χ4v) is 2.74. The lowest BCUT2D eigenvalue weighted by Gasteiger charge is -2.41. The van der Waals surface area contributed by atoms with Crippen molar-refractivity contribution in [3.05, 3.63) is 18.0 Å². The van der Waals surface area contributed by atoms with Crippen molar-refractivity contribution in [1.82, 2.24) is 20.0 Å². The van der Waals surface area contributed by atoms with Crippen molar-refractivity contribution in [2.75, 3.05) is 19.6 Å². The summed E-state index contributed by atoms with van der Waals surface area (Å²) in [5.41, 5.74) is 1.24. The summed E-state index contributed by atoms with van der Waals surface area (Å²) < 4.78 is 2.05. The summed E-state index contributed by atoms with van der Waals surface area (Å²) in [5.74, 6) is 0.698. The van der Waals surface area contributed by atoms with Crippen LogP contribution in [0.1, 0.15) is 26.3 Å². The van der Waals surface area contributed by atoms with Crippen molar-refractivity contribution >= 4 is 0 Å². The van der Waals surface area contributed by atoms with Gasteiger partial charge in [0.15, 0.2) is 0 Å². The van der Waals surface area contributed by atoms with Crippen LogP contribution in [0.15, 0.2) is 12.4 Å². The van der Waals surface area contributed by atoms with Crippen molar-refractivity contribution in [1.29, 1.82) is 0 Å². The van der Waals surface area contributed by atoms with E-state index >= 15 is 0 Å². The molecule has 1 aromatic rings. The van der Waals surface area contributed by atoms with Crippen molar-refractivity contribution in [2.45, 2.75) is 46.3 Å². The largest absolute Gasteiger partial charge is 0.311 e. The quantitative estimate of drug-likeness (QED) is 0.879. The number of nitrogens with one attached hydrogen (secondary N) is 1. The molecule has 1 aromatic heterocycles. The molecule has 0 spiro atoms. The van der Waals surface area contributed by atoms with Crippen LogP contribution in [0.3, 0.4) is 0 Å². The van der Waals surface area contributed by atoms with Crippen molar-refractivity contribution in [2.24, 2.45) is 5.92 Å². The number of aromatic nitrogens is 2. The maximum absolute atomic E-state index is 4.36. The molecule has 1 aliphatic heterocycles. The zero-order chi connectivity index (χ0) is 13.1. The van der Waals surface area contributed by atoms with Gasteiger partial charge in [-0.1, -0.05) is 13.8 Å². The first-order chi connectivity index (χ1) is 8.56. The summed E-state index contributed by atoms with van der Waals surface area (Å²) in [6, 6.07) is 1.25. The third-order valence-electron chi connectivity index (χ3n) is 3.80. The van der Waals surface area contributed by atoms with Crippen molar-refractivity contribution in [3.8, 4) is 0 Å². The number of aryl methyl sites for hydroxylation is 1. The highest BCUT2D eigenvalue weighted by atomic mass is 15.3. The van der Waals surface area contributed by atoms with Crippen LogP contribution in [0, 0.1) is 12.8 Å². The van der Waals surface area contributed by atoms with E-state index in [1.54, 1.807) is 0 Å². The minimum atomic E-state index is 0.597. The number of hydrogen-bond acceptors (Lipinski definition) is 3. The molecule has 1 aliphatic rings. The Kier molecular flexibility index (Phi) is 4.40. The summed E-state index contributed by atoms with van der Waals surface area (Å²) in [6.07, 6.45) is 4.05. The maximum atomic E-state index is 4.36. The van der Waals surface area contributed by atoms with Gasteiger partial charge in [0.25, 0.3) is 0 Å². The fourth-order valence-electron chi connectivity index (χ4n) is 2.74. The molecule has 2 unspecified atom stereocenters. The highest BCUT2D eigenvalue weighted by Crippen LogP contribution is 2.15. The van der Waals surface area contributed by atoms with Gasteiger partial charge < -0.3 is 5.32 Å². The third-order valence-corrected chi connectivity index (χ3v) is 3.80. The average molecular weight is 250 g/mol. The molecule has 0 radical (unpaired) electrons.